The first-order valence-corrected chi connectivity index (χ1v) is 9.29. The Morgan fingerprint density at radius 1 is 0.414 bits per heavy atom. The molecular weight excluding hydrogens is 364 g/mol. The van der Waals surface area contributed by atoms with Crippen LogP contribution in [0, 0.1) is 0 Å². The first-order chi connectivity index (χ1) is 14.1. The lowest BCUT2D eigenvalue weighted by Crippen LogP contribution is -2.28. The van der Waals surface area contributed by atoms with Gasteiger partial charge in [-0.15, -0.1) is 0 Å². The Kier molecular flexibility index (Phi) is 3.58. The number of hydrogen-bond acceptors (Lipinski definition) is 4. The highest BCUT2D eigenvalue weighted by Crippen LogP contribution is 2.60. The third kappa shape index (κ3) is 2.14. The summed E-state index contributed by atoms with van der Waals surface area (Å²) in [5.74, 6) is -1.02. The molecule has 0 heterocycles. The minimum absolute atomic E-state index is 0.247. The monoisotopic (exact) mass is 382 g/mol. The minimum Gasteiger partial charge on any atom is -0.504 e. The molecule has 4 aromatic carbocycles. The lowest BCUT2D eigenvalue weighted by Gasteiger charge is -2.34. The predicted molar refractivity (Wildman–Crippen MR) is 110 cm³/mol. The van der Waals surface area contributed by atoms with Crippen molar-refractivity contribution in [3.8, 4) is 34.1 Å². The second-order valence-electron chi connectivity index (χ2n) is 7.19. The zero-order chi connectivity index (χ0) is 20.2. The molecule has 142 valence electrons. The van der Waals surface area contributed by atoms with E-state index in [-0.39, 0.29) is 23.0 Å². The average Bonchev–Trinajstić information content (AvgIpc) is 3.04. The summed E-state index contributed by atoms with van der Waals surface area (Å²) in [5.41, 5.74) is 3.37. The number of fused-ring (bicyclic) bond motifs is 3. The fourth-order valence-electron chi connectivity index (χ4n) is 4.63. The minimum atomic E-state index is -1.11. The van der Waals surface area contributed by atoms with Gasteiger partial charge in [-0.25, -0.2) is 0 Å². The van der Waals surface area contributed by atoms with Crippen LogP contribution >= 0.6 is 0 Å². The molecule has 0 unspecified atom stereocenters. The van der Waals surface area contributed by atoms with Crippen molar-refractivity contribution in [2.75, 3.05) is 0 Å². The Morgan fingerprint density at radius 2 is 0.793 bits per heavy atom. The van der Waals surface area contributed by atoms with Gasteiger partial charge in [0.25, 0.3) is 0 Å². The zero-order valence-electron chi connectivity index (χ0n) is 15.4. The summed E-state index contributed by atoms with van der Waals surface area (Å²) in [4.78, 5) is 0. The van der Waals surface area contributed by atoms with Gasteiger partial charge in [0, 0.05) is 11.1 Å². The van der Waals surface area contributed by atoms with E-state index in [0.29, 0.717) is 11.1 Å². The van der Waals surface area contributed by atoms with E-state index in [4.69, 9.17) is 0 Å². The summed E-state index contributed by atoms with van der Waals surface area (Å²) in [6, 6.07) is 25.2. The maximum Gasteiger partial charge on any atom is 0.162 e. The topological polar surface area (TPSA) is 80.9 Å². The van der Waals surface area contributed by atoms with E-state index in [2.05, 4.69) is 0 Å². The lowest BCUT2D eigenvalue weighted by atomic mass is 9.67. The fourth-order valence-corrected chi connectivity index (χ4v) is 4.63. The van der Waals surface area contributed by atoms with Crippen LogP contribution in [0.3, 0.4) is 0 Å². The normalized spacial score (nSPS) is 13.7. The van der Waals surface area contributed by atoms with Gasteiger partial charge in [-0.2, -0.15) is 0 Å². The maximum absolute atomic E-state index is 10.9. The molecule has 1 aliphatic carbocycles. The molecule has 4 heteroatoms. The van der Waals surface area contributed by atoms with Crippen LogP contribution in [0.25, 0.3) is 11.1 Å². The predicted octanol–water partition coefficient (Wildman–Crippen LogP) is 4.87. The second kappa shape index (κ2) is 6.04. The van der Waals surface area contributed by atoms with Crippen LogP contribution in [0.4, 0.5) is 0 Å². The summed E-state index contributed by atoms with van der Waals surface area (Å²) in [6.07, 6.45) is 0. The SMILES string of the molecule is Oc1cccc(C2(c3cccc(O)c3O)c3ccccc3-c3ccccc32)c1O. The van der Waals surface area contributed by atoms with Crippen molar-refractivity contribution in [1.29, 1.82) is 0 Å². The molecule has 0 fully saturated rings. The van der Waals surface area contributed by atoms with E-state index < -0.39 is 5.41 Å². The zero-order valence-corrected chi connectivity index (χ0v) is 15.4. The van der Waals surface area contributed by atoms with Crippen LogP contribution in [0.1, 0.15) is 22.3 Å². The molecule has 0 atom stereocenters. The molecule has 0 radical (unpaired) electrons. The number of aromatic hydroxyl groups is 4. The molecular formula is C25H18O4. The van der Waals surface area contributed by atoms with E-state index in [1.54, 1.807) is 24.3 Å². The van der Waals surface area contributed by atoms with Gasteiger partial charge in [0.15, 0.2) is 23.0 Å². The van der Waals surface area contributed by atoms with Crippen LogP contribution in [0.2, 0.25) is 0 Å². The molecule has 0 amide bonds. The van der Waals surface area contributed by atoms with Crippen LogP contribution in [-0.2, 0) is 5.41 Å². The molecule has 5 rings (SSSR count). The van der Waals surface area contributed by atoms with Gasteiger partial charge in [0.2, 0.25) is 0 Å². The summed E-state index contributed by atoms with van der Waals surface area (Å²) in [5, 5.41) is 42.4. The molecule has 4 aromatic rings. The van der Waals surface area contributed by atoms with Gasteiger partial charge in [-0.1, -0.05) is 72.8 Å². The highest BCUT2D eigenvalue weighted by molar-refractivity contribution is 5.88. The van der Waals surface area contributed by atoms with Crippen molar-refractivity contribution in [3.63, 3.8) is 0 Å². The van der Waals surface area contributed by atoms with E-state index in [0.717, 1.165) is 22.3 Å². The number of phenolic OH excluding ortho intramolecular Hbond substituents is 4. The molecule has 0 saturated heterocycles. The Morgan fingerprint density at radius 3 is 1.24 bits per heavy atom. The van der Waals surface area contributed by atoms with Gasteiger partial charge in [0.1, 0.15) is 0 Å². The van der Waals surface area contributed by atoms with Crippen LogP contribution in [0.15, 0.2) is 84.9 Å². The Bertz CT molecular complexity index is 1160. The molecule has 29 heavy (non-hydrogen) atoms. The van der Waals surface area contributed by atoms with Crippen molar-refractivity contribution in [1.82, 2.24) is 0 Å². The maximum atomic E-state index is 10.9. The number of hydrogen-bond donors (Lipinski definition) is 4. The Labute approximate surface area is 167 Å². The molecule has 0 saturated carbocycles. The van der Waals surface area contributed by atoms with Crippen molar-refractivity contribution < 1.29 is 20.4 Å². The number of phenols is 4. The molecule has 4 nitrogen and oxygen atoms in total. The quantitative estimate of drug-likeness (QED) is 0.328. The Balaban J connectivity index is 2.04. The van der Waals surface area contributed by atoms with Gasteiger partial charge in [-0.3, -0.25) is 0 Å². The second-order valence-corrected chi connectivity index (χ2v) is 7.19. The van der Waals surface area contributed by atoms with Gasteiger partial charge in [0.05, 0.1) is 5.41 Å². The summed E-state index contributed by atoms with van der Waals surface area (Å²) in [6.45, 7) is 0. The highest BCUT2D eigenvalue weighted by atomic mass is 16.3. The fraction of sp³-hybridized carbons (Fsp3) is 0.0400. The van der Waals surface area contributed by atoms with Crippen molar-refractivity contribution in [2.24, 2.45) is 0 Å². The van der Waals surface area contributed by atoms with Crippen molar-refractivity contribution in [2.45, 2.75) is 5.41 Å². The van der Waals surface area contributed by atoms with Crippen LogP contribution < -0.4 is 0 Å². The summed E-state index contributed by atoms with van der Waals surface area (Å²) >= 11 is 0. The molecule has 0 bridgehead atoms. The third-order valence-corrected chi connectivity index (χ3v) is 5.79. The largest absolute Gasteiger partial charge is 0.504 e. The van der Waals surface area contributed by atoms with E-state index in [9.17, 15) is 20.4 Å². The Hall–Kier alpha value is -3.92. The first-order valence-electron chi connectivity index (χ1n) is 9.29. The van der Waals surface area contributed by atoms with Crippen LogP contribution in [0.5, 0.6) is 23.0 Å². The third-order valence-electron chi connectivity index (χ3n) is 5.79. The van der Waals surface area contributed by atoms with E-state index in [1.807, 2.05) is 48.5 Å². The summed E-state index contributed by atoms with van der Waals surface area (Å²) in [7, 11) is 0. The average molecular weight is 382 g/mol. The van der Waals surface area contributed by atoms with Crippen molar-refractivity contribution in [3.05, 3.63) is 107 Å². The van der Waals surface area contributed by atoms with Crippen molar-refractivity contribution >= 4 is 0 Å². The lowest BCUT2D eigenvalue weighted by molar-refractivity contribution is 0.387. The molecule has 4 N–H and O–H groups in total. The van der Waals surface area contributed by atoms with E-state index >= 15 is 0 Å². The smallest absolute Gasteiger partial charge is 0.162 e. The molecule has 1 aliphatic rings. The summed E-state index contributed by atoms with van der Waals surface area (Å²) < 4.78 is 0. The van der Waals surface area contributed by atoms with Gasteiger partial charge in [-0.05, 0) is 34.4 Å². The molecule has 0 aliphatic heterocycles. The van der Waals surface area contributed by atoms with E-state index in [1.165, 1.54) is 12.1 Å². The van der Waals surface area contributed by atoms with Gasteiger partial charge >= 0.3 is 0 Å². The standard InChI is InChI=1S/C25H18O4/c26-21-13-5-11-19(23(21)28)25(20-12-6-14-22(27)24(20)29)17-9-3-1-7-15(17)16-8-2-4-10-18(16)25/h1-14,26-29H. The highest BCUT2D eigenvalue weighted by Gasteiger charge is 2.49. The number of para-hydroxylation sites is 2. The number of benzene rings is 4. The first kappa shape index (κ1) is 17.2. The number of rotatable bonds is 2. The van der Waals surface area contributed by atoms with Gasteiger partial charge < -0.3 is 20.4 Å². The molecule has 0 spiro atoms. The van der Waals surface area contributed by atoms with Crippen LogP contribution in [-0.4, -0.2) is 20.4 Å². The molecule has 0 aromatic heterocycles.